The second-order valence-electron chi connectivity index (χ2n) is 6.90. The Bertz CT molecular complexity index is 1110. The Morgan fingerprint density at radius 3 is 2.63 bits per heavy atom. The minimum Gasteiger partial charge on any atom is -0.391 e. The molecule has 1 aliphatic rings. The van der Waals surface area contributed by atoms with Crippen molar-refractivity contribution in [3.8, 4) is 10.4 Å². The number of carbonyl (C=O) groups is 1. The first-order valence-electron chi connectivity index (χ1n) is 8.73. The van der Waals surface area contributed by atoms with Crippen LogP contribution in [0.2, 0.25) is 0 Å². The molecule has 0 radical (unpaired) electrons. The van der Waals surface area contributed by atoms with Crippen LogP contribution in [0.3, 0.4) is 0 Å². The van der Waals surface area contributed by atoms with E-state index in [-0.39, 0.29) is 24.0 Å². The van der Waals surface area contributed by atoms with E-state index in [9.17, 15) is 18.3 Å². The third-order valence-corrected chi connectivity index (χ3v) is 8.02. The van der Waals surface area contributed by atoms with Crippen molar-refractivity contribution in [1.29, 1.82) is 0 Å². The molecule has 1 saturated heterocycles. The normalized spacial score (nSPS) is 17.4. The van der Waals surface area contributed by atoms with Gasteiger partial charge in [0, 0.05) is 21.3 Å². The van der Waals surface area contributed by atoms with Crippen LogP contribution in [0.15, 0.2) is 30.5 Å². The number of aliphatic hydroxyl groups excluding tert-OH is 1. The topological polar surface area (TPSA) is 113 Å². The fourth-order valence-corrected chi connectivity index (χ4v) is 6.09. The molecule has 1 amide bonds. The molecule has 27 heavy (non-hydrogen) atoms. The van der Waals surface area contributed by atoms with E-state index in [0.29, 0.717) is 23.9 Å². The number of aromatic amines is 1. The number of thiophene rings is 1. The van der Waals surface area contributed by atoms with Crippen LogP contribution in [-0.2, 0) is 16.4 Å². The number of benzene rings is 1. The van der Waals surface area contributed by atoms with Crippen LogP contribution in [0.25, 0.3) is 21.3 Å². The molecule has 0 saturated carbocycles. The summed E-state index contributed by atoms with van der Waals surface area (Å²) in [5, 5.41) is 10.2. The molecule has 1 fully saturated rings. The zero-order valence-electron chi connectivity index (χ0n) is 14.6. The van der Waals surface area contributed by atoms with Gasteiger partial charge >= 0.3 is 0 Å². The van der Waals surface area contributed by atoms with Gasteiger partial charge in [-0.15, -0.1) is 11.3 Å². The van der Waals surface area contributed by atoms with Crippen molar-refractivity contribution in [2.24, 2.45) is 5.73 Å². The van der Waals surface area contributed by atoms with Gasteiger partial charge in [-0.05, 0) is 54.2 Å². The van der Waals surface area contributed by atoms with Crippen LogP contribution in [0, 0.1) is 0 Å². The van der Waals surface area contributed by atoms with Gasteiger partial charge in [-0.3, -0.25) is 4.79 Å². The Morgan fingerprint density at radius 2 is 2.00 bits per heavy atom. The molecule has 4 rings (SSSR count). The molecule has 0 bridgehead atoms. The van der Waals surface area contributed by atoms with Crippen molar-refractivity contribution in [3.63, 3.8) is 0 Å². The summed E-state index contributed by atoms with van der Waals surface area (Å²) in [4.78, 5) is 17.0. The van der Waals surface area contributed by atoms with E-state index in [0.717, 1.165) is 26.3 Å². The zero-order valence-corrected chi connectivity index (χ0v) is 16.2. The summed E-state index contributed by atoms with van der Waals surface area (Å²) in [6.45, 7) is -0.0262. The monoisotopic (exact) mass is 404 g/mol. The number of rotatable bonds is 4. The number of aliphatic hydroxyl groups is 1. The number of aromatic nitrogens is 1. The SMILES string of the molecule is NC(=O)c1cc(-c2ccc(CO)s2)cc2c(C3CCS(=O)(=O)CC3)c[nH]c12. The quantitative estimate of drug-likeness (QED) is 0.620. The highest BCUT2D eigenvalue weighted by Crippen LogP contribution is 2.38. The van der Waals surface area contributed by atoms with Gasteiger partial charge in [0.15, 0.2) is 0 Å². The Morgan fingerprint density at radius 1 is 1.26 bits per heavy atom. The summed E-state index contributed by atoms with van der Waals surface area (Å²) in [6, 6.07) is 7.56. The van der Waals surface area contributed by atoms with Crippen molar-refractivity contribution < 1.29 is 18.3 Å². The lowest BCUT2D eigenvalue weighted by Gasteiger charge is -2.21. The predicted octanol–water partition coefficient (Wildman–Crippen LogP) is 2.78. The average Bonchev–Trinajstić information content (AvgIpc) is 3.27. The third-order valence-electron chi connectivity index (χ3n) is 5.18. The summed E-state index contributed by atoms with van der Waals surface area (Å²) in [5.41, 5.74) is 8.60. The second kappa shape index (κ2) is 6.78. The lowest BCUT2D eigenvalue weighted by atomic mass is 9.91. The van der Waals surface area contributed by atoms with Crippen LogP contribution in [0.1, 0.15) is 39.6 Å². The highest BCUT2D eigenvalue weighted by atomic mass is 32.2. The van der Waals surface area contributed by atoms with E-state index in [2.05, 4.69) is 4.98 Å². The highest BCUT2D eigenvalue weighted by Gasteiger charge is 2.27. The van der Waals surface area contributed by atoms with Gasteiger partial charge in [-0.25, -0.2) is 8.42 Å². The predicted molar refractivity (Wildman–Crippen MR) is 107 cm³/mol. The molecule has 142 valence electrons. The molecule has 3 heterocycles. The minimum absolute atomic E-state index is 0.0262. The van der Waals surface area contributed by atoms with Gasteiger partial charge in [-0.2, -0.15) is 0 Å². The van der Waals surface area contributed by atoms with Crippen LogP contribution in [-0.4, -0.2) is 35.9 Å². The maximum atomic E-state index is 12.0. The van der Waals surface area contributed by atoms with E-state index in [1.54, 1.807) is 6.07 Å². The Kier molecular flexibility index (Phi) is 4.57. The van der Waals surface area contributed by atoms with E-state index >= 15 is 0 Å². The average molecular weight is 405 g/mol. The number of sulfone groups is 1. The first kappa shape index (κ1) is 18.2. The van der Waals surface area contributed by atoms with E-state index in [1.807, 2.05) is 24.4 Å². The molecule has 1 aromatic carbocycles. The van der Waals surface area contributed by atoms with E-state index in [4.69, 9.17) is 5.73 Å². The number of carbonyl (C=O) groups excluding carboxylic acids is 1. The highest BCUT2D eigenvalue weighted by molar-refractivity contribution is 7.91. The summed E-state index contributed by atoms with van der Waals surface area (Å²) in [5.74, 6) is 0.00428. The number of H-pyrrole nitrogens is 1. The first-order valence-corrected chi connectivity index (χ1v) is 11.4. The summed E-state index contributed by atoms with van der Waals surface area (Å²) < 4.78 is 23.5. The van der Waals surface area contributed by atoms with Crippen LogP contribution < -0.4 is 5.73 Å². The zero-order chi connectivity index (χ0) is 19.2. The van der Waals surface area contributed by atoms with Crippen molar-refractivity contribution in [1.82, 2.24) is 4.98 Å². The molecule has 6 nitrogen and oxygen atoms in total. The number of nitrogens with one attached hydrogen (secondary N) is 1. The number of nitrogens with two attached hydrogens (primary N) is 1. The lowest BCUT2D eigenvalue weighted by molar-refractivity contribution is 0.100. The first-order chi connectivity index (χ1) is 12.9. The molecular weight excluding hydrogens is 384 g/mol. The Labute approximate surface area is 160 Å². The third kappa shape index (κ3) is 3.40. The van der Waals surface area contributed by atoms with Gasteiger partial charge in [0.1, 0.15) is 9.84 Å². The largest absolute Gasteiger partial charge is 0.391 e. The molecule has 3 aromatic rings. The van der Waals surface area contributed by atoms with Crippen LogP contribution in [0.5, 0.6) is 0 Å². The Hall–Kier alpha value is -2.16. The summed E-state index contributed by atoms with van der Waals surface area (Å²) in [6.07, 6.45) is 3.04. The minimum atomic E-state index is -2.94. The van der Waals surface area contributed by atoms with Crippen molar-refractivity contribution in [2.75, 3.05) is 11.5 Å². The standard InChI is InChI=1S/C19H20N2O4S2/c20-19(23)15-8-12(17-2-1-13(10-22)26-17)7-14-16(9-21-18(14)15)11-3-5-27(24,25)6-4-11/h1-2,7-9,11,21-22H,3-6,10H2,(H2,20,23). The summed E-state index contributed by atoms with van der Waals surface area (Å²) in [7, 11) is -2.94. The van der Waals surface area contributed by atoms with E-state index in [1.165, 1.54) is 11.3 Å². The number of fused-ring (bicyclic) bond motifs is 1. The van der Waals surface area contributed by atoms with Gasteiger partial charge in [0.25, 0.3) is 5.91 Å². The van der Waals surface area contributed by atoms with E-state index < -0.39 is 15.7 Å². The number of hydrogen-bond acceptors (Lipinski definition) is 5. The molecule has 0 unspecified atom stereocenters. The van der Waals surface area contributed by atoms with Crippen LogP contribution >= 0.6 is 11.3 Å². The molecule has 1 aliphatic heterocycles. The van der Waals surface area contributed by atoms with Crippen molar-refractivity contribution >= 4 is 38.0 Å². The molecule has 4 N–H and O–H groups in total. The molecule has 2 aromatic heterocycles. The lowest BCUT2D eigenvalue weighted by Crippen LogP contribution is -2.22. The smallest absolute Gasteiger partial charge is 0.250 e. The number of primary amides is 1. The number of amides is 1. The molecule has 0 aliphatic carbocycles. The van der Waals surface area contributed by atoms with Gasteiger partial charge in [0.2, 0.25) is 0 Å². The fraction of sp³-hybridized carbons (Fsp3) is 0.316. The van der Waals surface area contributed by atoms with Crippen molar-refractivity contribution in [2.45, 2.75) is 25.4 Å². The maximum Gasteiger partial charge on any atom is 0.250 e. The van der Waals surface area contributed by atoms with Gasteiger partial charge < -0.3 is 15.8 Å². The molecular formula is C19H20N2O4S2. The second-order valence-corrected chi connectivity index (χ2v) is 10.4. The fourth-order valence-electron chi connectivity index (χ4n) is 3.75. The van der Waals surface area contributed by atoms with Crippen LogP contribution in [0.4, 0.5) is 0 Å². The molecule has 0 spiro atoms. The van der Waals surface area contributed by atoms with Gasteiger partial charge in [-0.1, -0.05) is 0 Å². The molecule has 8 heteroatoms. The Balaban J connectivity index is 1.83. The number of hydrogen-bond donors (Lipinski definition) is 3. The summed E-state index contributed by atoms with van der Waals surface area (Å²) >= 11 is 1.47. The van der Waals surface area contributed by atoms with Gasteiger partial charge in [0.05, 0.1) is 29.2 Å². The van der Waals surface area contributed by atoms with Crippen molar-refractivity contribution in [3.05, 3.63) is 46.5 Å². The molecule has 0 atom stereocenters. The maximum absolute atomic E-state index is 12.0.